The van der Waals surface area contributed by atoms with Gasteiger partial charge in [-0.2, -0.15) is 0 Å². The highest BCUT2D eigenvalue weighted by molar-refractivity contribution is 5.96. The summed E-state index contributed by atoms with van der Waals surface area (Å²) in [5, 5.41) is 5.81. The van der Waals surface area contributed by atoms with Gasteiger partial charge in [0.1, 0.15) is 0 Å². The standard InChI is InChI=1S/C17H24N2O3/c1-17(2,3)19-16(21)12-4-6-14(7-5-12)18-15(20)13-8-10-22-11-9-13/h4-7,13H,8-11H2,1-3H3,(H,18,20)(H,19,21). The molecule has 0 radical (unpaired) electrons. The Labute approximate surface area is 131 Å². The first-order valence-electron chi connectivity index (χ1n) is 7.66. The van der Waals surface area contributed by atoms with Gasteiger partial charge in [0, 0.05) is 35.9 Å². The molecule has 1 aromatic carbocycles. The molecule has 1 aliphatic rings. The Hall–Kier alpha value is -1.88. The number of carbonyl (C=O) groups excluding carboxylic acids is 2. The third-order valence-electron chi connectivity index (χ3n) is 3.50. The van der Waals surface area contributed by atoms with Crippen LogP contribution >= 0.6 is 0 Å². The van der Waals surface area contributed by atoms with Crippen molar-refractivity contribution in [2.45, 2.75) is 39.2 Å². The Morgan fingerprint density at radius 2 is 1.68 bits per heavy atom. The fourth-order valence-corrected chi connectivity index (χ4v) is 2.32. The lowest BCUT2D eigenvalue weighted by atomic mass is 9.99. The minimum absolute atomic E-state index is 0.0117. The second kappa shape index (κ2) is 6.92. The van der Waals surface area contributed by atoms with Crippen molar-refractivity contribution in [1.82, 2.24) is 5.32 Å². The number of benzene rings is 1. The summed E-state index contributed by atoms with van der Waals surface area (Å²) in [6.45, 7) is 7.10. The molecule has 0 atom stereocenters. The first-order valence-corrected chi connectivity index (χ1v) is 7.66. The number of hydrogen-bond donors (Lipinski definition) is 2. The average molecular weight is 304 g/mol. The molecule has 2 N–H and O–H groups in total. The number of anilines is 1. The lowest BCUT2D eigenvalue weighted by Crippen LogP contribution is -2.40. The number of carbonyl (C=O) groups is 2. The van der Waals surface area contributed by atoms with Gasteiger partial charge in [-0.3, -0.25) is 9.59 Å². The van der Waals surface area contributed by atoms with E-state index in [4.69, 9.17) is 4.74 Å². The maximum absolute atomic E-state index is 12.1. The summed E-state index contributed by atoms with van der Waals surface area (Å²) in [5.74, 6) is -0.0809. The topological polar surface area (TPSA) is 67.4 Å². The summed E-state index contributed by atoms with van der Waals surface area (Å²) in [5.41, 5.74) is 1.02. The van der Waals surface area contributed by atoms with E-state index in [0.717, 1.165) is 12.8 Å². The van der Waals surface area contributed by atoms with Crippen molar-refractivity contribution in [3.05, 3.63) is 29.8 Å². The maximum Gasteiger partial charge on any atom is 0.251 e. The summed E-state index contributed by atoms with van der Waals surface area (Å²) >= 11 is 0. The van der Waals surface area contributed by atoms with Gasteiger partial charge in [-0.15, -0.1) is 0 Å². The van der Waals surface area contributed by atoms with Crippen LogP contribution in [0.2, 0.25) is 0 Å². The van der Waals surface area contributed by atoms with E-state index < -0.39 is 0 Å². The normalized spacial score (nSPS) is 16.1. The molecule has 0 unspecified atom stereocenters. The van der Waals surface area contributed by atoms with Crippen LogP contribution in [0.15, 0.2) is 24.3 Å². The number of rotatable bonds is 3. The third kappa shape index (κ3) is 4.84. The Morgan fingerprint density at radius 1 is 1.09 bits per heavy atom. The first kappa shape index (κ1) is 16.5. The molecule has 1 aliphatic heterocycles. The lowest BCUT2D eigenvalue weighted by molar-refractivity contribution is -0.122. The predicted molar refractivity (Wildman–Crippen MR) is 85.8 cm³/mol. The van der Waals surface area contributed by atoms with Gasteiger partial charge in [-0.05, 0) is 57.9 Å². The van der Waals surface area contributed by atoms with Gasteiger partial charge in [0.15, 0.2) is 0 Å². The average Bonchev–Trinajstić information content (AvgIpc) is 2.47. The van der Waals surface area contributed by atoms with E-state index in [0.29, 0.717) is 24.5 Å². The van der Waals surface area contributed by atoms with E-state index in [9.17, 15) is 9.59 Å². The minimum Gasteiger partial charge on any atom is -0.381 e. The van der Waals surface area contributed by atoms with Crippen LogP contribution in [0, 0.1) is 5.92 Å². The largest absolute Gasteiger partial charge is 0.381 e. The lowest BCUT2D eigenvalue weighted by Gasteiger charge is -2.21. The summed E-state index contributed by atoms with van der Waals surface area (Å²) < 4.78 is 5.26. The van der Waals surface area contributed by atoms with Crippen molar-refractivity contribution in [2.24, 2.45) is 5.92 Å². The van der Waals surface area contributed by atoms with Crippen molar-refractivity contribution in [3.63, 3.8) is 0 Å². The Balaban J connectivity index is 1.94. The van der Waals surface area contributed by atoms with Crippen molar-refractivity contribution in [2.75, 3.05) is 18.5 Å². The smallest absolute Gasteiger partial charge is 0.251 e. The molecule has 5 nitrogen and oxygen atoms in total. The fraction of sp³-hybridized carbons (Fsp3) is 0.529. The molecular weight excluding hydrogens is 280 g/mol. The van der Waals surface area contributed by atoms with Gasteiger partial charge < -0.3 is 15.4 Å². The van der Waals surface area contributed by atoms with Crippen LogP contribution in [0.25, 0.3) is 0 Å². The van der Waals surface area contributed by atoms with Gasteiger partial charge in [0.25, 0.3) is 5.91 Å². The van der Waals surface area contributed by atoms with E-state index in [1.807, 2.05) is 20.8 Å². The van der Waals surface area contributed by atoms with Crippen LogP contribution in [0.4, 0.5) is 5.69 Å². The first-order chi connectivity index (χ1) is 10.3. The molecule has 22 heavy (non-hydrogen) atoms. The van der Waals surface area contributed by atoms with Gasteiger partial charge in [0.2, 0.25) is 5.91 Å². The molecule has 1 fully saturated rings. The molecule has 1 aromatic rings. The Kier molecular flexibility index (Phi) is 5.19. The van der Waals surface area contributed by atoms with Crippen molar-refractivity contribution < 1.29 is 14.3 Å². The number of hydrogen-bond acceptors (Lipinski definition) is 3. The summed E-state index contributed by atoms with van der Waals surface area (Å²) in [4.78, 5) is 24.2. The molecule has 0 aromatic heterocycles. The molecule has 0 saturated carbocycles. The highest BCUT2D eigenvalue weighted by Crippen LogP contribution is 2.18. The molecule has 2 rings (SSSR count). The van der Waals surface area contributed by atoms with Crippen molar-refractivity contribution in [1.29, 1.82) is 0 Å². The Bertz CT molecular complexity index is 526. The zero-order chi connectivity index (χ0) is 16.2. The van der Waals surface area contributed by atoms with Gasteiger partial charge in [-0.25, -0.2) is 0 Å². The van der Waals surface area contributed by atoms with E-state index in [1.165, 1.54) is 0 Å². The maximum atomic E-state index is 12.1. The monoisotopic (exact) mass is 304 g/mol. The van der Waals surface area contributed by atoms with Crippen molar-refractivity contribution in [3.8, 4) is 0 Å². The summed E-state index contributed by atoms with van der Waals surface area (Å²) in [6.07, 6.45) is 1.52. The highest BCUT2D eigenvalue weighted by Gasteiger charge is 2.21. The highest BCUT2D eigenvalue weighted by atomic mass is 16.5. The van der Waals surface area contributed by atoms with E-state index in [2.05, 4.69) is 10.6 Å². The SMILES string of the molecule is CC(C)(C)NC(=O)c1ccc(NC(=O)C2CCOCC2)cc1. The molecule has 0 spiro atoms. The van der Waals surface area contributed by atoms with Crippen LogP contribution in [0.5, 0.6) is 0 Å². The van der Waals surface area contributed by atoms with Gasteiger partial charge >= 0.3 is 0 Å². The van der Waals surface area contributed by atoms with E-state index in [1.54, 1.807) is 24.3 Å². The molecule has 0 aliphatic carbocycles. The van der Waals surface area contributed by atoms with Gasteiger partial charge in [0.05, 0.1) is 0 Å². The molecule has 120 valence electrons. The second-order valence-electron chi connectivity index (χ2n) is 6.66. The second-order valence-corrected chi connectivity index (χ2v) is 6.66. The quantitative estimate of drug-likeness (QED) is 0.902. The van der Waals surface area contributed by atoms with Crippen molar-refractivity contribution >= 4 is 17.5 Å². The number of nitrogens with one attached hydrogen (secondary N) is 2. The van der Waals surface area contributed by atoms with Gasteiger partial charge in [-0.1, -0.05) is 0 Å². The molecule has 1 saturated heterocycles. The predicted octanol–water partition coefficient (Wildman–Crippen LogP) is 2.58. The van der Waals surface area contributed by atoms with Crippen LogP contribution in [0.1, 0.15) is 44.0 Å². The zero-order valence-electron chi connectivity index (χ0n) is 13.4. The van der Waals surface area contributed by atoms with E-state index in [-0.39, 0.29) is 23.3 Å². The summed E-state index contributed by atoms with van der Waals surface area (Å²) in [7, 11) is 0. The van der Waals surface area contributed by atoms with Crippen LogP contribution in [-0.2, 0) is 9.53 Å². The molecule has 5 heteroatoms. The summed E-state index contributed by atoms with van der Waals surface area (Å²) in [6, 6.07) is 6.96. The molecule has 1 heterocycles. The van der Waals surface area contributed by atoms with Crippen LogP contribution in [0.3, 0.4) is 0 Å². The van der Waals surface area contributed by atoms with E-state index >= 15 is 0 Å². The number of amides is 2. The Morgan fingerprint density at radius 3 is 2.23 bits per heavy atom. The third-order valence-corrected chi connectivity index (χ3v) is 3.50. The fourth-order valence-electron chi connectivity index (χ4n) is 2.32. The van der Waals surface area contributed by atoms with Crippen LogP contribution < -0.4 is 10.6 Å². The molecule has 2 amide bonds. The number of ether oxygens (including phenoxy) is 1. The van der Waals surface area contributed by atoms with Crippen LogP contribution in [-0.4, -0.2) is 30.6 Å². The zero-order valence-corrected chi connectivity index (χ0v) is 13.4. The molecular formula is C17H24N2O3. The molecule has 0 bridgehead atoms. The minimum atomic E-state index is -0.271.